The molecule has 2 fully saturated rings. The summed E-state index contributed by atoms with van der Waals surface area (Å²) in [4.78, 5) is 23.3. The number of rotatable bonds is 8. The first-order valence-corrected chi connectivity index (χ1v) is 9.48. The van der Waals surface area contributed by atoms with Crippen LogP contribution in [0.5, 0.6) is 0 Å². The van der Waals surface area contributed by atoms with Crippen LogP contribution in [0.15, 0.2) is 0 Å². The molecule has 0 amide bonds. The van der Waals surface area contributed by atoms with Crippen molar-refractivity contribution in [3.05, 3.63) is 0 Å². The molecule has 0 unspecified atom stereocenters. The molecule has 0 aromatic carbocycles. The normalized spacial score (nSPS) is 23.3. The number of carboxylic acids is 2. The lowest BCUT2D eigenvalue weighted by atomic mass is 9.69. The molecule has 2 aliphatic carbocycles. The van der Waals surface area contributed by atoms with Gasteiger partial charge in [0.2, 0.25) is 0 Å². The van der Waals surface area contributed by atoms with Gasteiger partial charge in [0.15, 0.2) is 0 Å². The third-order valence-electron chi connectivity index (χ3n) is 6.34. The first-order valence-electron chi connectivity index (χ1n) is 9.48. The van der Waals surface area contributed by atoms with E-state index in [1.807, 2.05) is 0 Å². The molecule has 2 N–H and O–H groups in total. The summed E-state index contributed by atoms with van der Waals surface area (Å²) in [6, 6.07) is 0. The van der Waals surface area contributed by atoms with Crippen LogP contribution in [-0.2, 0) is 9.59 Å². The van der Waals surface area contributed by atoms with Crippen LogP contribution in [0.25, 0.3) is 0 Å². The van der Waals surface area contributed by atoms with Gasteiger partial charge in [0.1, 0.15) is 0 Å². The molecule has 2 rings (SSSR count). The molecule has 0 radical (unpaired) electrons. The summed E-state index contributed by atoms with van der Waals surface area (Å²) in [6.07, 6.45) is 14.1. The number of hydrogen-bond donors (Lipinski definition) is 2. The third kappa shape index (κ3) is 4.48. The van der Waals surface area contributed by atoms with Crippen molar-refractivity contribution in [2.24, 2.45) is 10.8 Å². The number of unbranched alkanes of at least 4 members (excludes halogenated alkanes) is 2. The Labute approximate surface area is 139 Å². The standard InChI is InChI=1S/C19H32O4/c20-16(21)18(10-4-1-5-11-18)14-8-3-9-15-19(17(22)23)12-6-2-7-13-19/h1-15H2,(H,20,21)(H,22,23). The molecule has 132 valence electrons. The van der Waals surface area contributed by atoms with Crippen LogP contribution in [0.1, 0.15) is 96.3 Å². The molecule has 0 saturated heterocycles. The smallest absolute Gasteiger partial charge is 0.309 e. The van der Waals surface area contributed by atoms with E-state index in [1.54, 1.807) is 0 Å². The van der Waals surface area contributed by atoms with Gasteiger partial charge in [-0.05, 0) is 38.5 Å². The number of carboxylic acid groups (broad SMARTS) is 2. The first kappa shape index (κ1) is 18.3. The van der Waals surface area contributed by atoms with E-state index in [4.69, 9.17) is 0 Å². The van der Waals surface area contributed by atoms with E-state index in [2.05, 4.69) is 0 Å². The van der Waals surface area contributed by atoms with Gasteiger partial charge in [0, 0.05) is 0 Å². The van der Waals surface area contributed by atoms with Gasteiger partial charge in [-0.15, -0.1) is 0 Å². The predicted molar refractivity (Wildman–Crippen MR) is 89.4 cm³/mol. The molecular formula is C19H32O4. The number of hydrogen-bond acceptors (Lipinski definition) is 2. The minimum absolute atomic E-state index is 0.492. The molecule has 4 nitrogen and oxygen atoms in total. The Hall–Kier alpha value is -1.06. The second-order valence-electron chi connectivity index (χ2n) is 7.85. The molecular weight excluding hydrogens is 292 g/mol. The number of aliphatic carboxylic acids is 2. The topological polar surface area (TPSA) is 74.6 Å². The summed E-state index contributed by atoms with van der Waals surface area (Å²) in [7, 11) is 0. The highest BCUT2D eigenvalue weighted by Gasteiger charge is 2.40. The van der Waals surface area contributed by atoms with Crippen molar-refractivity contribution in [3.63, 3.8) is 0 Å². The summed E-state index contributed by atoms with van der Waals surface area (Å²) in [5.74, 6) is -1.24. The fourth-order valence-electron chi connectivity index (χ4n) is 4.70. The summed E-state index contributed by atoms with van der Waals surface area (Å²) < 4.78 is 0. The molecule has 0 bridgehead atoms. The Morgan fingerprint density at radius 2 is 0.957 bits per heavy atom. The Balaban J connectivity index is 1.75. The van der Waals surface area contributed by atoms with Crippen LogP contribution in [0.3, 0.4) is 0 Å². The van der Waals surface area contributed by atoms with Crippen molar-refractivity contribution in [2.75, 3.05) is 0 Å². The maximum atomic E-state index is 11.7. The monoisotopic (exact) mass is 324 g/mol. The van der Waals surface area contributed by atoms with Crippen molar-refractivity contribution in [1.82, 2.24) is 0 Å². The summed E-state index contributed by atoms with van der Waals surface area (Å²) in [5.41, 5.74) is -0.985. The fourth-order valence-corrected chi connectivity index (χ4v) is 4.70. The van der Waals surface area contributed by atoms with Gasteiger partial charge >= 0.3 is 11.9 Å². The van der Waals surface area contributed by atoms with E-state index in [0.29, 0.717) is 0 Å². The van der Waals surface area contributed by atoms with E-state index in [9.17, 15) is 19.8 Å². The van der Waals surface area contributed by atoms with Gasteiger partial charge in [-0.1, -0.05) is 57.8 Å². The molecule has 2 saturated carbocycles. The van der Waals surface area contributed by atoms with Gasteiger partial charge in [0.25, 0.3) is 0 Å². The molecule has 0 aromatic rings. The quantitative estimate of drug-likeness (QED) is 0.616. The maximum Gasteiger partial charge on any atom is 0.309 e. The van der Waals surface area contributed by atoms with E-state index in [1.165, 1.54) is 0 Å². The lowest BCUT2D eigenvalue weighted by Crippen LogP contribution is -2.34. The minimum Gasteiger partial charge on any atom is -0.481 e. The summed E-state index contributed by atoms with van der Waals surface area (Å²) in [6.45, 7) is 0. The Morgan fingerprint density at radius 1 is 0.609 bits per heavy atom. The average molecular weight is 324 g/mol. The first-order chi connectivity index (χ1) is 11.0. The maximum absolute atomic E-state index is 11.7. The molecule has 4 heteroatoms. The number of carbonyl (C=O) groups is 2. The van der Waals surface area contributed by atoms with E-state index >= 15 is 0 Å². The van der Waals surface area contributed by atoms with Crippen LogP contribution in [0.2, 0.25) is 0 Å². The van der Waals surface area contributed by atoms with Gasteiger partial charge in [-0.25, -0.2) is 0 Å². The van der Waals surface area contributed by atoms with Crippen molar-refractivity contribution in [3.8, 4) is 0 Å². The second kappa shape index (κ2) is 8.16. The molecule has 0 aliphatic heterocycles. The van der Waals surface area contributed by atoms with Gasteiger partial charge < -0.3 is 10.2 Å². The predicted octanol–water partition coefficient (Wildman–Crippen LogP) is 5.01. The molecule has 0 aromatic heterocycles. The Bertz CT molecular complexity index is 366. The van der Waals surface area contributed by atoms with E-state index < -0.39 is 22.8 Å². The highest BCUT2D eigenvalue weighted by Crippen LogP contribution is 2.43. The molecule has 0 heterocycles. The van der Waals surface area contributed by atoms with Crippen molar-refractivity contribution < 1.29 is 19.8 Å². The SMILES string of the molecule is O=C(O)C1(CCCCCC2(C(=O)O)CCCCC2)CCCCC1. The fraction of sp³-hybridized carbons (Fsp3) is 0.895. The van der Waals surface area contributed by atoms with Crippen LogP contribution in [0, 0.1) is 10.8 Å². The van der Waals surface area contributed by atoms with E-state index in [-0.39, 0.29) is 0 Å². The molecule has 23 heavy (non-hydrogen) atoms. The second-order valence-corrected chi connectivity index (χ2v) is 7.85. The molecule has 0 spiro atoms. The zero-order valence-electron chi connectivity index (χ0n) is 14.3. The summed E-state index contributed by atoms with van der Waals surface area (Å²) >= 11 is 0. The molecule has 0 atom stereocenters. The third-order valence-corrected chi connectivity index (χ3v) is 6.34. The minimum atomic E-state index is -0.619. The van der Waals surface area contributed by atoms with Gasteiger partial charge in [-0.3, -0.25) is 9.59 Å². The zero-order chi connectivity index (χ0) is 16.8. The van der Waals surface area contributed by atoms with Crippen LogP contribution >= 0.6 is 0 Å². The molecule has 2 aliphatic rings. The van der Waals surface area contributed by atoms with Crippen LogP contribution < -0.4 is 0 Å². The van der Waals surface area contributed by atoms with Crippen molar-refractivity contribution >= 4 is 11.9 Å². The van der Waals surface area contributed by atoms with Gasteiger partial charge in [0.05, 0.1) is 10.8 Å². The highest BCUT2D eigenvalue weighted by atomic mass is 16.4. The lowest BCUT2D eigenvalue weighted by molar-refractivity contribution is -0.152. The summed E-state index contributed by atoms with van der Waals surface area (Å²) in [5, 5.41) is 19.2. The van der Waals surface area contributed by atoms with E-state index in [0.717, 1.165) is 96.3 Å². The van der Waals surface area contributed by atoms with Crippen LogP contribution in [0.4, 0.5) is 0 Å². The lowest BCUT2D eigenvalue weighted by Gasteiger charge is -2.34. The van der Waals surface area contributed by atoms with Crippen molar-refractivity contribution in [2.45, 2.75) is 96.3 Å². The van der Waals surface area contributed by atoms with Crippen LogP contribution in [-0.4, -0.2) is 22.2 Å². The Morgan fingerprint density at radius 3 is 1.26 bits per heavy atom. The Kier molecular flexibility index (Phi) is 6.49. The zero-order valence-corrected chi connectivity index (χ0v) is 14.3. The average Bonchev–Trinajstić information content (AvgIpc) is 2.56. The van der Waals surface area contributed by atoms with Gasteiger partial charge in [-0.2, -0.15) is 0 Å². The van der Waals surface area contributed by atoms with Crippen molar-refractivity contribution in [1.29, 1.82) is 0 Å². The largest absolute Gasteiger partial charge is 0.481 e. The highest BCUT2D eigenvalue weighted by molar-refractivity contribution is 5.75.